The third kappa shape index (κ3) is 2.85. The van der Waals surface area contributed by atoms with Crippen LogP contribution >= 0.6 is 0 Å². The van der Waals surface area contributed by atoms with Gasteiger partial charge in [0, 0.05) is 0 Å². The first kappa shape index (κ1) is 9.69. The van der Waals surface area contributed by atoms with Gasteiger partial charge in [-0.15, -0.1) is 0 Å². The fourth-order valence-corrected chi connectivity index (χ4v) is 0.591. The van der Waals surface area contributed by atoms with Crippen molar-refractivity contribution in [2.45, 2.75) is 13.0 Å². The van der Waals surface area contributed by atoms with Crippen molar-refractivity contribution in [2.75, 3.05) is 0 Å². The predicted octanol–water partition coefficient (Wildman–Crippen LogP) is 2.02. The highest BCUT2D eigenvalue weighted by atomic mass is 19.3. The molecule has 0 atom stereocenters. The average Bonchev–Trinajstić information content (AvgIpc) is 2.04. The fourth-order valence-electron chi connectivity index (χ4n) is 0.591. The highest BCUT2D eigenvalue weighted by Gasteiger charge is 2.10. The third-order valence-corrected chi connectivity index (χ3v) is 1.08. The van der Waals surface area contributed by atoms with Crippen LogP contribution in [0, 0.1) is 0 Å². The van der Waals surface area contributed by atoms with Crippen molar-refractivity contribution in [2.24, 2.45) is 0 Å². The SMILES string of the molecule is FC(F)Oc1cnc(C(F)F)cn1. The van der Waals surface area contributed by atoms with E-state index < -0.39 is 24.6 Å². The standard InChI is InChI=1S/C6H4F4N2O/c7-5(8)3-1-12-4(2-11-3)13-6(9)10/h1-2,5-6H. The van der Waals surface area contributed by atoms with E-state index in [4.69, 9.17) is 0 Å². The molecule has 0 spiro atoms. The Morgan fingerprint density at radius 3 is 2.15 bits per heavy atom. The molecule has 1 aromatic rings. The van der Waals surface area contributed by atoms with Crippen molar-refractivity contribution < 1.29 is 22.3 Å². The molecule has 72 valence electrons. The van der Waals surface area contributed by atoms with Crippen LogP contribution < -0.4 is 4.74 Å². The second-order valence-electron chi connectivity index (χ2n) is 1.96. The summed E-state index contributed by atoms with van der Waals surface area (Å²) in [4.78, 5) is 6.36. The largest absolute Gasteiger partial charge is 0.415 e. The molecule has 0 radical (unpaired) electrons. The molecule has 0 aromatic carbocycles. The molecule has 0 fully saturated rings. The lowest BCUT2D eigenvalue weighted by Crippen LogP contribution is -2.04. The van der Waals surface area contributed by atoms with E-state index >= 15 is 0 Å². The number of hydrogen-bond acceptors (Lipinski definition) is 3. The van der Waals surface area contributed by atoms with Gasteiger partial charge in [0.15, 0.2) is 0 Å². The molecule has 3 nitrogen and oxygen atoms in total. The minimum absolute atomic E-state index is 0.487. The van der Waals surface area contributed by atoms with E-state index in [0.29, 0.717) is 12.4 Å². The molecular formula is C6H4F4N2O. The molecule has 7 heteroatoms. The van der Waals surface area contributed by atoms with Gasteiger partial charge in [0.2, 0.25) is 5.88 Å². The van der Waals surface area contributed by atoms with Gasteiger partial charge in [-0.2, -0.15) is 8.78 Å². The highest BCUT2D eigenvalue weighted by molar-refractivity contribution is 5.07. The van der Waals surface area contributed by atoms with E-state index in [1.54, 1.807) is 0 Å². The average molecular weight is 196 g/mol. The summed E-state index contributed by atoms with van der Waals surface area (Å²) in [5.74, 6) is -0.487. The molecule has 0 bridgehead atoms. The van der Waals surface area contributed by atoms with E-state index in [-0.39, 0.29) is 0 Å². The van der Waals surface area contributed by atoms with E-state index in [1.807, 2.05) is 0 Å². The summed E-state index contributed by atoms with van der Waals surface area (Å²) in [5.41, 5.74) is -0.582. The first-order valence-corrected chi connectivity index (χ1v) is 3.14. The Labute approximate surface area is 70.4 Å². The lowest BCUT2D eigenvalue weighted by Gasteiger charge is -2.02. The van der Waals surface area contributed by atoms with Crippen LogP contribution in [-0.2, 0) is 0 Å². The van der Waals surface area contributed by atoms with Crippen LogP contribution in [0.3, 0.4) is 0 Å². The molecular weight excluding hydrogens is 192 g/mol. The molecule has 13 heavy (non-hydrogen) atoms. The Bertz CT molecular complexity index is 264. The van der Waals surface area contributed by atoms with Gasteiger partial charge in [0.1, 0.15) is 5.69 Å². The Morgan fingerprint density at radius 2 is 1.77 bits per heavy atom. The van der Waals surface area contributed by atoms with Crippen molar-refractivity contribution in [1.82, 2.24) is 9.97 Å². The molecule has 1 rings (SSSR count). The third-order valence-electron chi connectivity index (χ3n) is 1.08. The summed E-state index contributed by atoms with van der Waals surface area (Å²) in [6.45, 7) is -3.04. The summed E-state index contributed by atoms with van der Waals surface area (Å²) in [5, 5.41) is 0. The molecule has 0 saturated heterocycles. The summed E-state index contributed by atoms with van der Waals surface area (Å²) >= 11 is 0. The lowest BCUT2D eigenvalue weighted by atomic mass is 10.5. The maximum Gasteiger partial charge on any atom is 0.388 e. The molecule has 0 unspecified atom stereocenters. The Kier molecular flexibility index (Phi) is 2.99. The number of ether oxygens (including phenoxy) is 1. The van der Waals surface area contributed by atoms with Crippen LogP contribution in [0.5, 0.6) is 5.88 Å². The van der Waals surface area contributed by atoms with Gasteiger partial charge >= 0.3 is 6.61 Å². The number of alkyl halides is 4. The van der Waals surface area contributed by atoms with Gasteiger partial charge in [0.05, 0.1) is 12.4 Å². The molecule has 0 N–H and O–H groups in total. The number of nitrogens with zero attached hydrogens (tertiary/aromatic N) is 2. The maximum atomic E-state index is 11.9. The van der Waals surface area contributed by atoms with Crippen molar-refractivity contribution in [3.8, 4) is 5.88 Å². The number of rotatable bonds is 3. The van der Waals surface area contributed by atoms with Crippen molar-refractivity contribution >= 4 is 0 Å². The van der Waals surface area contributed by atoms with Gasteiger partial charge in [-0.1, -0.05) is 0 Å². The van der Waals surface area contributed by atoms with Crippen LogP contribution in [0.2, 0.25) is 0 Å². The van der Waals surface area contributed by atoms with E-state index in [0.717, 1.165) is 0 Å². The quantitative estimate of drug-likeness (QED) is 0.693. The number of aromatic nitrogens is 2. The zero-order valence-corrected chi connectivity index (χ0v) is 6.12. The summed E-state index contributed by atoms with van der Waals surface area (Å²) in [7, 11) is 0. The van der Waals surface area contributed by atoms with Crippen molar-refractivity contribution in [3.05, 3.63) is 18.1 Å². The molecule has 1 heterocycles. The highest BCUT2D eigenvalue weighted by Crippen LogP contribution is 2.16. The first-order valence-electron chi connectivity index (χ1n) is 3.14. The Hall–Kier alpha value is -1.40. The van der Waals surface area contributed by atoms with Crippen LogP contribution in [0.4, 0.5) is 17.6 Å². The van der Waals surface area contributed by atoms with Crippen molar-refractivity contribution in [3.63, 3.8) is 0 Å². The Morgan fingerprint density at radius 1 is 1.08 bits per heavy atom. The van der Waals surface area contributed by atoms with E-state index in [1.165, 1.54) is 0 Å². The van der Waals surface area contributed by atoms with Gasteiger partial charge < -0.3 is 4.74 Å². The topological polar surface area (TPSA) is 35.0 Å². The van der Waals surface area contributed by atoms with Gasteiger partial charge in [-0.3, -0.25) is 0 Å². The van der Waals surface area contributed by atoms with Crippen LogP contribution in [0.25, 0.3) is 0 Å². The second kappa shape index (κ2) is 4.01. The maximum absolute atomic E-state index is 11.9. The summed E-state index contributed by atoms with van der Waals surface area (Å²) in [6.07, 6.45) is -1.37. The molecule has 0 aliphatic rings. The normalized spacial score (nSPS) is 10.9. The molecule has 0 aliphatic heterocycles. The number of halogens is 4. The lowest BCUT2D eigenvalue weighted by molar-refractivity contribution is -0.0531. The smallest absolute Gasteiger partial charge is 0.388 e. The fraction of sp³-hybridized carbons (Fsp3) is 0.333. The second-order valence-corrected chi connectivity index (χ2v) is 1.96. The molecule has 0 amide bonds. The minimum atomic E-state index is -3.04. The monoisotopic (exact) mass is 196 g/mol. The zero-order chi connectivity index (χ0) is 9.84. The van der Waals surface area contributed by atoms with Crippen LogP contribution in [0.15, 0.2) is 12.4 Å². The zero-order valence-electron chi connectivity index (χ0n) is 6.12. The van der Waals surface area contributed by atoms with E-state index in [2.05, 4.69) is 14.7 Å². The molecule has 1 aromatic heterocycles. The molecule has 0 aliphatic carbocycles. The van der Waals surface area contributed by atoms with Gasteiger partial charge in [0.25, 0.3) is 6.43 Å². The van der Waals surface area contributed by atoms with Gasteiger partial charge in [-0.25, -0.2) is 18.7 Å². The van der Waals surface area contributed by atoms with Gasteiger partial charge in [-0.05, 0) is 0 Å². The van der Waals surface area contributed by atoms with Crippen molar-refractivity contribution in [1.29, 1.82) is 0 Å². The minimum Gasteiger partial charge on any atom is -0.415 e. The number of hydrogen-bond donors (Lipinski definition) is 0. The predicted molar refractivity (Wildman–Crippen MR) is 33.6 cm³/mol. The van der Waals surface area contributed by atoms with Crippen LogP contribution in [0.1, 0.15) is 12.1 Å². The summed E-state index contributed by atoms with van der Waals surface area (Å²) in [6, 6.07) is 0. The van der Waals surface area contributed by atoms with Crippen LogP contribution in [-0.4, -0.2) is 16.6 Å². The first-order chi connectivity index (χ1) is 6.09. The molecule has 0 saturated carbocycles. The Balaban J connectivity index is 2.70. The van der Waals surface area contributed by atoms with E-state index in [9.17, 15) is 17.6 Å². The summed E-state index contributed by atoms with van der Waals surface area (Å²) < 4.78 is 50.6.